The molecular weight excluding hydrogens is 445 g/mol. The number of amides is 1. The SMILES string of the molecule is N#CC1(NC(=O)[C@H](CS(=O)(=O)CC2CC2)N[C@H](c2cc(F)ccc2F)C(F)(F)F)CC1. The topological polar surface area (TPSA) is 99.1 Å². The van der Waals surface area contributed by atoms with Gasteiger partial charge >= 0.3 is 6.18 Å². The summed E-state index contributed by atoms with van der Waals surface area (Å²) in [6.07, 6.45) is -3.28. The monoisotopic (exact) mass is 465 g/mol. The van der Waals surface area contributed by atoms with Crippen LogP contribution in [0.1, 0.15) is 37.3 Å². The van der Waals surface area contributed by atoms with Crippen molar-refractivity contribution in [1.29, 1.82) is 5.26 Å². The summed E-state index contributed by atoms with van der Waals surface area (Å²) in [6.45, 7) is 0. The van der Waals surface area contributed by atoms with Crippen LogP contribution in [-0.2, 0) is 14.6 Å². The summed E-state index contributed by atoms with van der Waals surface area (Å²) in [4.78, 5) is 12.7. The van der Waals surface area contributed by atoms with Gasteiger partial charge in [-0.1, -0.05) is 0 Å². The van der Waals surface area contributed by atoms with Gasteiger partial charge in [-0.05, 0) is 49.8 Å². The van der Waals surface area contributed by atoms with E-state index in [0.29, 0.717) is 31.0 Å². The minimum atomic E-state index is -5.17. The van der Waals surface area contributed by atoms with Gasteiger partial charge in [0, 0.05) is 5.56 Å². The summed E-state index contributed by atoms with van der Waals surface area (Å²) >= 11 is 0. The molecule has 31 heavy (non-hydrogen) atoms. The van der Waals surface area contributed by atoms with Crippen molar-refractivity contribution in [3.63, 3.8) is 0 Å². The minimum absolute atomic E-state index is 0.110. The standard InChI is InChI=1S/C19H20F5N3O3S/c20-12-3-4-14(21)13(7-12)16(19(22,23)24)26-15(9-31(29,30)8-11-1-2-11)17(28)27-18(10-25)5-6-18/h3-4,7,11,15-16,26H,1-2,5-6,8-9H2,(H,27,28)/t15-,16+/m0/s1. The Morgan fingerprint density at radius 3 is 2.42 bits per heavy atom. The summed E-state index contributed by atoms with van der Waals surface area (Å²) in [5, 5.41) is 13.3. The normalized spacial score (nSPS) is 19.9. The van der Waals surface area contributed by atoms with Crippen LogP contribution in [0, 0.1) is 28.9 Å². The van der Waals surface area contributed by atoms with E-state index in [-0.39, 0.29) is 24.5 Å². The van der Waals surface area contributed by atoms with Gasteiger partial charge in [0.1, 0.15) is 29.3 Å². The Hall–Kier alpha value is -2.26. The highest BCUT2D eigenvalue weighted by molar-refractivity contribution is 7.91. The fourth-order valence-electron chi connectivity index (χ4n) is 3.18. The Morgan fingerprint density at radius 1 is 1.26 bits per heavy atom. The van der Waals surface area contributed by atoms with Crippen molar-refractivity contribution >= 4 is 15.7 Å². The zero-order valence-corrected chi connectivity index (χ0v) is 17.0. The number of benzene rings is 1. The van der Waals surface area contributed by atoms with Crippen molar-refractivity contribution in [3.05, 3.63) is 35.4 Å². The average molecular weight is 465 g/mol. The summed E-state index contributed by atoms with van der Waals surface area (Å²) in [6, 6.07) is -1.44. The van der Waals surface area contributed by atoms with E-state index in [9.17, 15) is 35.2 Å². The van der Waals surface area contributed by atoms with E-state index in [1.807, 2.05) is 11.4 Å². The van der Waals surface area contributed by atoms with Crippen molar-refractivity contribution in [2.75, 3.05) is 11.5 Å². The molecule has 2 saturated carbocycles. The fourth-order valence-corrected chi connectivity index (χ4v) is 5.12. The first-order chi connectivity index (χ1) is 14.3. The number of nitriles is 1. The lowest BCUT2D eigenvalue weighted by atomic mass is 10.0. The number of carbonyl (C=O) groups excluding carboxylic acids is 1. The molecule has 0 unspecified atom stereocenters. The minimum Gasteiger partial charge on any atom is -0.336 e. The van der Waals surface area contributed by atoms with Crippen molar-refractivity contribution < 1.29 is 35.2 Å². The quantitative estimate of drug-likeness (QED) is 0.546. The van der Waals surface area contributed by atoms with Crippen LogP contribution in [0.25, 0.3) is 0 Å². The van der Waals surface area contributed by atoms with Crippen LogP contribution in [0.3, 0.4) is 0 Å². The molecular formula is C19H20F5N3O3S. The lowest BCUT2D eigenvalue weighted by Gasteiger charge is -2.28. The molecule has 0 aromatic heterocycles. The molecule has 2 atom stereocenters. The second-order valence-corrected chi connectivity index (χ2v) is 10.2. The summed E-state index contributed by atoms with van der Waals surface area (Å²) in [5.74, 6) is -4.98. The first-order valence-corrected chi connectivity index (χ1v) is 11.4. The molecule has 2 aliphatic rings. The molecule has 3 rings (SSSR count). The van der Waals surface area contributed by atoms with Crippen LogP contribution in [0.2, 0.25) is 0 Å². The van der Waals surface area contributed by atoms with E-state index in [1.54, 1.807) is 0 Å². The van der Waals surface area contributed by atoms with Gasteiger partial charge in [0.15, 0.2) is 9.84 Å². The van der Waals surface area contributed by atoms with E-state index < -0.39 is 62.5 Å². The van der Waals surface area contributed by atoms with Gasteiger partial charge in [-0.25, -0.2) is 17.2 Å². The Kier molecular flexibility index (Phi) is 6.30. The van der Waals surface area contributed by atoms with Gasteiger partial charge in [-0.2, -0.15) is 18.4 Å². The zero-order chi connectivity index (χ0) is 23.0. The van der Waals surface area contributed by atoms with Gasteiger partial charge in [-0.3, -0.25) is 10.1 Å². The Balaban J connectivity index is 1.90. The number of hydrogen-bond donors (Lipinski definition) is 2. The molecule has 6 nitrogen and oxygen atoms in total. The maximum absolute atomic E-state index is 14.1. The molecule has 0 bridgehead atoms. The number of hydrogen-bond acceptors (Lipinski definition) is 5. The molecule has 0 spiro atoms. The zero-order valence-electron chi connectivity index (χ0n) is 16.2. The average Bonchev–Trinajstić information content (AvgIpc) is 3.57. The molecule has 12 heteroatoms. The van der Waals surface area contributed by atoms with Gasteiger partial charge < -0.3 is 5.32 Å². The molecule has 2 fully saturated rings. The highest BCUT2D eigenvalue weighted by Gasteiger charge is 2.49. The first kappa shape index (κ1) is 23.4. The fraction of sp³-hybridized carbons (Fsp3) is 0.579. The highest BCUT2D eigenvalue weighted by Crippen LogP contribution is 2.37. The molecule has 2 N–H and O–H groups in total. The number of sulfone groups is 1. The molecule has 0 aliphatic heterocycles. The molecule has 2 aliphatic carbocycles. The smallest absolute Gasteiger partial charge is 0.336 e. The molecule has 0 saturated heterocycles. The Bertz CT molecular complexity index is 998. The van der Waals surface area contributed by atoms with Crippen LogP contribution in [0.15, 0.2) is 18.2 Å². The van der Waals surface area contributed by atoms with E-state index in [0.717, 1.165) is 0 Å². The van der Waals surface area contributed by atoms with Gasteiger partial charge in [0.25, 0.3) is 0 Å². The molecule has 1 amide bonds. The van der Waals surface area contributed by atoms with Crippen molar-refractivity contribution in [1.82, 2.24) is 10.6 Å². The van der Waals surface area contributed by atoms with Crippen LogP contribution >= 0.6 is 0 Å². The lowest BCUT2D eigenvalue weighted by Crippen LogP contribution is -2.54. The van der Waals surface area contributed by atoms with Crippen LogP contribution in [-0.4, -0.2) is 43.6 Å². The first-order valence-electron chi connectivity index (χ1n) is 9.55. The third kappa shape index (κ3) is 6.13. The highest BCUT2D eigenvalue weighted by atomic mass is 32.2. The van der Waals surface area contributed by atoms with E-state index in [1.165, 1.54) is 0 Å². The summed E-state index contributed by atoms with van der Waals surface area (Å²) in [7, 11) is -3.94. The van der Waals surface area contributed by atoms with Crippen molar-refractivity contribution in [3.8, 4) is 6.07 Å². The maximum Gasteiger partial charge on any atom is 0.408 e. The number of rotatable bonds is 9. The van der Waals surface area contributed by atoms with Gasteiger partial charge in [0.2, 0.25) is 5.91 Å². The third-order valence-corrected chi connectivity index (χ3v) is 7.03. The lowest BCUT2D eigenvalue weighted by molar-refractivity contribution is -0.161. The second kappa shape index (κ2) is 8.35. The largest absolute Gasteiger partial charge is 0.408 e. The number of nitrogens with one attached hydrogen (secondary N) is 2. The van der Waals surface area contributed by atoms with Crippen LogP contribution in [0.5, 0.6) is 0 Å². The number of carbonyl (C=O) groups is 1. The Labute approximate surface area is 175 Å². The molecule has 1 aromatic carbocycles. The number of alkyl halides is 3. The van der Waals surface area contributed by atoms with Crippen LogP contribution < -0.4 is 10.6 Å². The molecule has 170 valence electrons. The predicted molar refractivity (Wildman–Crippen MR) is 99.2 cm³/mol. The number of nitrogens with zero attached hydrogens (tertiary/aromatic N) is 1. The van der Waals surface area contributed by atoms with E-state index >= 15 is 0 Å². The second-order valence-electron chi connectivity index (χ2n) is 8.06. The van der Waals surface area contributed by atoms with Crippen molar-refractivity contribution in [2.45, 2.75) is 49.5 Å². The Morgan fingerprint density at radius 2 is 1.90 bits per heavy atom. The van der Waals surface area contributed by atoms with Crippen LogP contribution in [0.4, 0.5) is 22.0 Å². The summed E-state index contributed by atoms with van der Waals surface area (Å²) < 4.78 is 93.7. The van der Waals surface area contributed by atoms with Gasteiger partial charge in [-0.15, -0.1) is 0 Å². The molecule has 1 aromatic rings. The van der Waals surface area contributed by atoms with E-state index in [2.05, 4.69) is 5.32 Å². The molecule has 0 heterocycles. The maximum atomic E-state index is 14.1. The van der Waals surface area contributed by atoms with Crippen molar-refractivity contribution in [2.24, 2.45) is 5.92 Å². The summed E-state index contributed by atoms with van der Waals surface area (Å²) in [5.41, 5.74) is -2.36. The van der Waals surface area contributed by atoms with Gasteiger partial charge in [0.05, 0.1) is 17.6 Å². The van der Waals surface area contributed by atoms with E-state index in [4.69, 9.17) is 5.26 Å². The third-order valence-electron chi connectivity index (χ3n) is 5.21. The number of halogens is 5. The predicted octanol–water partition coefficient (Wildman–Crippen LogP) is 2.52. The molecule has 0 radical (unpaired) electrons.